The van der Waals surface area contributed by atoms with Crippen molar-refractivity contribution in [3.63, 3.8) is 0 Å². The number of nitrogens with one attached hydrogen (secondary N) is 3. The van der Waals surface area contributed by atoms with Crippen LogP contribution in [-0.2, 0) is 11.2 Å². The monoisotopic (exact) mass is 350 g/mol. The molecule has 7 nitrogen and oxygen atoms in total. The molecule has 0 aliphatic carbocycles. The summed E-state index contributed by atoms with van der Waals surface area (Å²) in [6.45, 7) is 3.78. The Labute approximate surface area is 149 Å². The van der Waals surface area contributed by atoms with Crippen molar-refractivity contribution < 1.29 is 9.59 Å². The summed E-state index contributed by atoms with van der Waals surface area (Å²) in [6.07, 6.45) is -0.0789. The van der Waals surface area contributed by atoms with E-state index in [9.17, 15) is 14.4 Å². The van der Waals surface area contributed by atoms with Gasteiger partial charge in [-0.25, -0.2) is 5.10 Å². The second-order valence-corrected chi connectivity index (χ2v) is 6.04. The molecule has 0 aliphatic heterocycles. The molecule has 3 aromatic rings. The fourth-order valence-corrected chi connectivity index (χ4v) is 2.76. The van der Waals surface area contributed by atoms with Crippen molar-refractivity contribution in [3.8, 4) is 0 Å². The summed E-state index contributed by atoms with van der Waals surface area (Å²) in [5.74, 6) is -0.831. The number of rotatable bonds is 3. The van der Waals surface area contributed by atoms with Crippen LogP contribution in [0.15, 0.2) is 47.3 Å². The van der Waals surface area contributed by atoms with E-state index in [1.54, 1.807) is 30.3 Å². The highest BCUT2D eigenvalue weighted by atomic mass is 16.2. The molecule has 0 spiro atoms. The van der Waals surface area contributed by atoms with E-state index in [0.29, 0.717) is 22.0 Å². The Hall–Kier alpha value is -3.48. The van der Waals surface area contributed by atoms with E-state index < -0.39 is 11.8 Å². The van der Waals surface area contributed by atoms with Crippen molar-refractivity contribution in [1.82, 2.24) is 21.0 Å². The quantitative estimate of drug-likeness (QED) is 0.623. The number of hydrogen-bond donors (Lipinski definition) is 3. The third-order valence-electron chi connectivity index (χ3n) is 4.04. The molecule has 0 radical (unpaired) electrons. The molecule has 26 heavy (non-hydrogen) atoms. The Bertz CT molecular complexity index is 1060. The van der Waals surface area contributed by atoms with E-state index in [0.717, 1.165) is 11.1 Å². The lowest BCUT2D eigenvalue weighted by molar-refractivity contribution is -0.121. The zero-order valence-electron chi connectivity index (χ0n) is 14.4. The summed E-state index contributed by atoms with van der Waals surface area (Å²) >= 11 is 0. The number of hydrogen-bond acceptors (Lipinski definition) is 4. The molecule has 3 rings (SSSR count). The molecule has 1 heterocycles. The largest absolute Gasteiger partial charge is 0.273 e. The number of hydrazine groups is 1. The summed E-state index contributed by atoms with van der Waals surface area (Å²) in [7, 11) is 0. The first-order valence-electron chi connectivity index (χ1n) is 8.08. The Morgan fingerprint density at radius 3 is 2.50 bits per heavy atom. The van der Waals surface area contributed by atoms with Crippen molar-refractivity contribution in [3.05, 3.63) is 75.2 Å². The molecular weight excluding hydrogens is 332 g/mol. The van der Waals surface area contributed by atoms with Crippen LogP contribution in [0.25, 0.3) is 10.8 Å². The predicted octanol–water partition coefficient (Wildman–Crippen LogP) is 1.54. The number of H-pyrrole nitrogens is 1. The van der Waals surface area contributed by atoms with Crippen molar-refractivity contribution in [2.24, 2.45) is 0 Å². The van der Waals surface area contributed by atoms with Crippen molar-refractivity contribution in [1.29, 1.82) is 0 Å². The zero-order chi connectivity index (χ0) is 18.7. The van der Waals surface area contributed by atoms with Gasteiger partial charge >= 0.3 is 0 Å². The van der Waals surface area contributed by atoms with Gasteiger partial charge in [0.05, 0.1) is 17.5 Å². The summed E-state index contributed by atoms with van der Waals surface area (Å²) in [4.78, 5) is 36.1. The van der Waals surface area contributed by atoms with E-state index in [-0.39, 0.29) is 12.0 Å². The summed E-state index contributed by atoms with van der Waals surface area (Å²) in [5, 5.41) is 7.39. The van der Waals surface area contributed by atoms with Gasteiger partial charge in [-0.2, -0.15) is 5.10 Å². The Morgan fingerprint density at radius 2 is 1.77 bits per heavy atom. The summed E-state index contributed by atoms with van der Waals surface area (Å²) in [6, 6.07) is 12.3. The molecule has 0 fully saturated rings. The third-order valence-corrected chi connectivity index (χ3v) is 4.04. The number of carbonyl (C=O) groups excluding carboxylic acids is 2. The molecule has 0 bridgehead atoms. The van der Waals surface area contributed by atoms with Crippen LogP contribution in [0.3, 0.4) is 0 Å². The maximum absolute atomic E-state index is 12.2. The van der Waals surface area contributed by atoms with Gasteiger partial charge in [0.25, 0.3) is 11.5 Å². The number of aromatic amines is 1. The Balaban J connectivity index is 1.69. The van der Waals surface area contributed by atoms with Crippen LogP contribution >= 0.6 is 0 Å². The van der Waals surface area contributed by atoms with Gasteiger partial charge in [-0.15, -0.1) is 0 Å². The van der Waals surface area contributed by atoms with Gasteiger partial charge in [-0.3, -0.25) is 25.2 Å². The average Bonchev–Trinajstić information content (AvgIpc) is 2.62. The van der Waals surface area contributed by atoms with Gasteiger partial charge in [-0.1, -0.05) is 35.9 Å². The highest BCUT2D eigenvalue weighted by Crippen LogP contribution is 2.13. The number of benzene rings is 2. The molecule has 0 aliphatic rings. The van der Waals surface area contributed by atoms with Gasteiger partial charge in [0.1, 0.15) is 0 Å². The fraction of sp³-hybridized carbons (Fsp3) is 0.158. The summed E-state index contributed by atoms with van der Waals surface area (Å²) in [5.41, 5.74) is 7.27. The van der Waals surface area contributed by atoms with Gasteiger partial charge in [-0.05, 0) is 31.5 Å². The number of fused-ring (bicyclic) bond motifs is 1. The molecular formula is C19H18N4O3. The van der Waals surface area contributed by atoms with Crippen molar-refractivity contribution in [2.75, 3.05) is 0 Å². The molecule has 132 valence electrons. The molecule has 2 aromatic carbocycles. The van der Waals surface area contributed by atoms with E-state index in [4.69, 9.17) is 0 Å². The molecule has 1 aromatic heterocycles. The number of amides is 2. The van der Waals surface area contributed by atoms with E-state index >= 15 is 0 Å². The summed E-state index contributed by atoms with van der Waals surface area (Å²) < 4.78 is 0. The molecule has 7 heteroatoms. The van der Waals surface area contributed by atoms with Gasteiger partial charge in [0.15, 0.2) is 0 Å². The van der Waals surface area contributed by atoms with Crippen LogP contribution < -0.4 is 16.4 Å². The molecule has 0 atom stereocenters. The van der Waals surface area contributed by atoms with Crippen LogP contribution in [0.2, 0.25) is 0 Å². The first kappa shape index (κ1) is 17.3. The number of nitrogens with zero attached hydrogens (tertiary/aromatic N) is 1. The maximum atomic E-state index is 12.2. The normalized spacial score (nSPS) is 10.5. The molecule has 0 unspecified atom stereocenters. The molecule has 0 saturated carbocycles. The first-order valence-corrected chi connectivity index (χ1v) is 8.08. The molecule has 3 N–H and O–H groups in total. The minimum Gasteiger partial charge on any atom is -0.273 e. The molecule has 2 amide bonds. The standard InChI is InChI=1S/C19H18N4O3/c1-11-7-8-13(12(2)9-11)18(25)23-21-17(24)10-16-14-5-3-4-6-15(14)19(26)22-20-16/h3-9H,10H2,1-2H3,(H,21,24)(H,22,26)(H,23,25). The van der Waals surface area contributed by atoms with Crippen LogP contribution in [-0.4, -0.2) is 22.0 Å². The second-order valence-electron chi connectivity index (χ2n) is 6.04. The Morgan fingerprint density at radius 1 is 1.04 bits per heavy atom. The smallest absolute Gasteiger partial charge is 0.272 e. The SMILES string of the molecule is Cc1ccc(C(=O)NNC(=O)Cc2n[nH]c(=O)c3ccccc23)c(C)c1. The Kier molecular flexibility index (Phi) is 4.79. The molecule has 0 saturated heterocycles. The lowest BCUT2D eigenvalue weighted by Crippen LogP contribution is -2.42. The topological polar surface area (TPSA) is 104 Å². The van der Waals surface area contributed by atoms with Crippen molar-refractivity contribution in [2.45, 2.75) is 20.3 Å². The van der Waals surface area contributed by atoms with Gasteiger partial charge in [0.2, 0.25) is 5.91 Å². The van der Waals surface area contributed by atoms with Crippen LogP contribution in [0, 0.1) is 13.8 Å². The van der Waals surface area contributed by atoms with Gasteiger partial charge < -0.3 is 0 Å². The lowest BCUT2D eigenvalue weighted by Gasteiger charge is -2.10. The lowest BCUT2D eigenvalue weighted by atomic mass is 10.1. The number of carbonyl (C=O) groups is 2. The van der Waals surface area contributed by atoms with Crippen LogP contribution in [0.1, 0.15) is 27.2 Å². The van der Waals surface area contributed by atoms with E-state index in [1.807, 2.05) is 26.0 Å². The fourth-order valence-electron chi connectivity index (χ4n) is 2.76. The first-order chi connectivity index (χ1) is 12.5. The highest BCUT2D eigenvalue weighted by molar-refractivity contribution is 5.97. The average molecular weight is 350 g/mol. The third kappa shape index (κ3) is 3.61. The predicted molar refractivity (Wildman–Crippen MR) is 97.6 cm³/mol. The minimum atomic E-state index is -0.437. The van der Waals surface area contributed by atoms with E-state index in [2.05, 4.69) is 21.0 Å². The maximum Gasteiger partial charge on any atom is 0.272 e. The van der Waals surface area contributed by atoms with Gasteiger partial charge in [0, 0.05) is 10.9 Å². The van der Waals surface area contributed by atoms with Crippen molar-refractivity contribution >= 4 is 22.6 Å². The minimum absolute atomic E-state index is 0.0789. The number of aryl methyl sites for hydroxylation is 2. The second kappa shape index (κ2) is 7.18. The zero-order valence-corrected chi connectivity index (χ0v) is 14.4. The van der Waals surface area contributed by atoms with Crippen LogP contribution in [0.4, 0.5) is 0 Å². The van der Waals surface area contributed by atoms with E-state index in [1.165, 1.54) is 0 Å². The highest BCUT2D eigenvalue weighted by Gasteiger charge is 2.13. The van der Waals surface area contributed by atoms with Crippen LogP contribution in [0.5, 0.6) is 0 Å². The number of aromatic nitrogens is 2.